The van der Waals surface area contributed by atoms with Crippen molar-refractivity contribution in [1.29, 1.82) is 0 Å². The molecule has 10 heteroatoms. The van der Waals surface area contributed by atoms with E-state index < -0.39 is 10.8 Å². The second kappa shape index (κ2) is 11.2. The Morgan fingerprint density at radius 1 is 1.06 bits per heavy atom. The maximum atomic E-state index is 12.2. The Hall–Kier alpha value is -4.73. The van der Waals surface area contributed by atoms with Gasteiger partial charge in [-0.05, 0) is 48.9 Å². The van der Waals surface area contributed by atoms with Crippen LogP contribution in [0.15, 0.2) is 71.8 Å². The lowest BCUT2D eigenvalue weighted by molar-refractivity contribution is -0.384. The SMILES string of the molecule is COc1cc(/C=N/NC(=O)c2cccc(C)c2)ccc1OCC(=O)Nc1cccc([N+](=O)[O-])c1. The van der Waals surface area contributed by atoms with Crippen LogP contribution in [0.25, 0.3) is 0 Å². The predicted molar refractivity (Wildman–Crippen MR) is 126 cm³/mol. The summed E-state index contributed by atoms with van der Waals surface area (Å²) >= 11 is 0. The Labute approximate surface area is 195 Å². The second-order valence-electron chi connectivity index (χ2n) is 7.12. The number of amides is 2. The van der Waals surface area contributed by atoms with Crippen molar-refractivity contribution in [2.75, 3.05) is 19.0 Å². The van der Waals surface area contributed by atoms with Gasteiger partial charge in [-0.3, -0.25) is 19.7 Å². The Morgan fingerprint density at radius 3 is 2.59 bits per heavy atom. The van der Waals surface area contributed by atoms with Gasteiger partial charge in [0, 0.05) is 23.4 Å². The standard InChI is InChI=1S/C24H22N4O6/c1-16-5-3-6-18(11-16)24(30)27-25-14-17-9-10-21(22(12-17)33-2)34-15-23(29)26-19-7-4-8-20(13-19)28(31)32/h3-14H,15H2,1-2H3,(H,26,29)(H,27,30)/b25-14+. The van der Waals surface area contributed by atoms with Gasteiger partial charge in [0.25, 0.3) is 17.5 Å². The van der Waals surface area contributed by atoms with Crippen LogP contribution in [0.4, 0.5) is 11.4 Å². The van der Waals surface area contributed by atoms with Gasteiger partial charge in [-0.25, -0.2) is 5.43 Å². The van der Waals surface area contributed by atoms with Gasteiger partial charge in [0.2, 0.25) is 0 Å². The quantitative estimate of drug-likeness (QED) is 0.283. The van der Waals surface area contributed by atoms with E-state index in [0.29, 0.717) is 22.6 Å². The van der Waals surface area contributed by atoms with Crippen molar-refractivity contribution in [3.05, 3.63) is 93.5 Å². The fourth-order valence-corrected chi connectivity index (χ4v) is 2.94. The molecule has 3 rings (SSSR count). The number of nitro groups is 1. The Morgan fingerprint density at radius 2 is 1.85 bits per heavy atom. The summed E-state index contributed by atoms with van der Waals surface area (Å²) in [6.45, 7) is 1.56. The van der Waals surface area contributed by atoms with Gasteiger partial charge in [0.1, 0.15) is 0 Å². The summed E-state index contributed by atoms with van der Waals surface area (Å²) in [7, 11) is 1.45. The number of nitro benzene ring substituents is 1. The van der Waals surface area contributed by atoms with Crippen molar-refractivity contribution in [2.24, 2.45) is 5.10 Å². The molecule has 0 saturated heterocycles. The van der Waals surface area contributed by atoms with Gasteiger partial charge in [0.15, 0.2) is 18.1 Å². The van der Waals surface area contributed by atoms with Crippen molar-refractivity contribution < 1.29 is 24.0 Å². The molecule has 0 aliphatic heterocycles. The molecule has 174 valence electrons. The van der Waals surface area contributed by atoms with Gasteiger partial charge < -0.3 is 14.8 Å². The van der Waals surface area contributed by atoms with Crippen molar-refractivity contribution in [1.82, 2.24) is 5.43 Å². The van der Waals surface area contributed by atoms with Crippen molar-refractivity contribution in [3.8, 4) is 11.5 Å². The number of carbonyl (C=O) groups excluding carboxylic acids is 2. The maximum Gasteiger partial charge on any atom is 0.271 e. The molecule has 0 heterocycles. The number of aryl methyl sites for hydroxylation is 1. The van der Waals surface area contributed by atoms with Gasteiger partial charge in [0.05, 0.1) is 18.2 Å². The summed E-state index contributed by atoms with van der Waals surface area (Å²) in [4.78, 5) is 34.6. The lowest BCUT2D eigenvalue weighted by Crippen LogP contribution is -2.20. The van der Waals surface area contributed by atoms with Crippen LogP contribution in [0, 0.1) is 17.0 Å². The van der Waals surface area contributed by atoms with E-state index >= 15 is 0 Å². The summed E-state index contributed by atoms with van der Waals surface area (Å²) in [6, 6.07) is 17.7. The van der Waals surface area contributed by atoms with E-state index in [1.165, 1.54) is 37.6 Å². The number of ether oxygens (including phenoxy) is 2. The van der Waals surface area contributed by atoms with Gasteiger partial charge in [-0.1, -0.05) is 23.8 Å². The van der Waals surface area contributed by atoms with Crippen LogP contribution < -0.4 is 20.2 Å². The molecule has 3 aromatic rings. The third-order valence-electron chi connectivity index (χ3n) is 4.55. The smallest absolute Gasteiger partial charge is 0.271 e. The number of hydrogen-bond donors (Lipinski definition) is 2. The van der Waals surface area contributed by atoms with Crippen molar-refractivity contribution in [2.45, 2.75) is 6.92 Å². The second-order valence-corrected chi connectivity index (χ2v) is 7.12. The third kappa shape index (κ3) is 6.63. The lowest BCUT2D eigenvalue weighted by Gasteiger charge is -2.11. The summed E-state index contributed by atoms with van der Waals surface area (Å²) in [6.07, 6.45) is 1.45. The highest BCUT2D eigenvalue weighted by Crippen LogP contribution is 2.27. The maximum absolute atomic E-state index is 12.2. The van der Waals surface area contributed by atoms with Crippen LogP contribution >= 0.6 is 0 Å². The normalized spacial score (nSPS) is 10.5. The molecule has 2 N–H and O–H groups in total. The Kier molecular flexibility index (Phi) is 7.90. The fourth-order valence-electron chi connectivity index (χ4n) is 2.94. The first kappa shape index (κ1) is 23.9. The highest BCUT2D eigenvalue weighted by molar-refractivity contribution is 5.95. The number of nitrogens with zero attached hydrogens (tertiary/aromatic N) is 2. The van der Waals surface area contributed by atoms with Crippen LogP contribution in [0.5, 0.6) is 11.5 Å². The number of methoxy groups -OCH3 is 1. The van der Waals surface area contributed by atoms with Crippen LogP contribution in [-0.4, -0.2) is 36.7 Å². The van der Waals surface area contributed by atoms with Gasteiger partial charge in [-0.2, -0.15) is 5.10 Å². The molecule has 0 aliphatic carbocycles. The van der Waals surface area contributed by atoms with Crippen LogP contribution in [-0.2, 0) is 4.79 Å². The number of hydrazone groups is 1. The van der Waals surface area contributed by atoms with Crippen LogP contribution in [0.3, 0.4) is 0 Å². The van der Waals surface area contributed by atoms with E-state index in [9.17, 15) is 19.7 Å². The number of anilines is 1. The minimum atomic E-state index is -0.546. The summed E-state index contributed by atoms with van der Waals surface area (Å²) in [5.41, 5.74) is 4.72. The molecule has 0 fully saturated rings. The van der Waals surface area contributed by atoms with Crippen LogP contribution in [0.1, 0.15) is 21.5 Å². The Bertz CT molecular complexity index is 1240. The fraction of sp³-hybridized carbons (Fsp3) is 0.125. The molecule has 0 saturated carbocycles. The zero-order valence-electron chi connectivity index (χ0n) is 18.5. The molecular formula is C24H22N4O6. The average molecular weight is 462 g/mol. The lowest BCUT2D eigenvalue weighted by atomic mass is 10.1. The first-order valence-electron chi connectivity index (χ1n) is 10.1. The van der Waals surface area contributed by atoms with E-state index in [4.69, 9.17) is 9.47 Å². The number of nitrogens with one attached hydrogen (secondary N) is 2. The number of non-ortho nitro benzene ring substituents is 1. The van der Waals surface area contributed by atoms with E-state index in [1.807, 2.05) is 13.0 Å². The largest absolute Gasteiger partial charge is 0.493 e. The topological polar surface area (TPSA) is 132 Å². The zero-order valence-corrected chi connectivity index (χ0v) is 18.5. The molecule has 0 radical (unpaired) electrons. The monoisotopic (exact) mass is 462 g/mol. The minimum Gasteiger partial charge on any atom is -0.493 e. The molecule has 3 aromatic carbocycles. The van der Waals surface area contributed by atoms with Crippen molar-refractivity contribution in [3.63, 3.8) is 0 Å². The third-order valence-corrected chi connectivity index (χ3v) is 4.55. The number of benzene rings is 3. The number of rotatable bonds is 9. The molecule has 0 atom stereocenters. The minimum absolute atomic E-state index is 0.132. The van der Waals surface area contributed by atoms with Gasteiger partial charge >= 0.3 is 0 Å². The Balaban J connectivity index is 1.57. The molecule has 2 amide bonds. The van der Waals surface area contributed by atoms with Gasteiger partial charge in [-0.15, -0.1) is 0 Å². The molecule has 0 aromatic heterocycles. The average Bonchev–Trinajstić information content (AvgIpc) is 2.83. The molecular weight excluding hydrogens is 440 g/mol. The molecule has 34 heavy (non-hydrogen) atoms. The number of hydrogen-bond acceptors (Lipinski definition) is 7. The van der Waals surface area contributed by atoms with E-state index in [-0.39, 0.29) is 23.9 Å². The molecule has 0 spiro atoms. The van der Waals surface area contributed by atoms with Crippen LogP contribution in [0.2, 0.25) is 0 Å². The molecule has 0 bridgehead atoms. The predicted octanol–water partition coefficient (Wildman–Crippen LogP) is 3.69. The summed E-state index contributed by atoms with van der Waals surface area (Å²) in [5, 5.41) is 17.3. The molecule has 0 unspecified atom stereocenters. The first-order chi connectivity index (χ1) is 16.4. The zero-order chi connectivity index (χ0) is 24.5. The molecule has 0 aliphatic rings. The van der Waals surface area contributed by atoms with E-state index in [0.717, 1.165) is 5.56 Å². The summed E-state index contributed by atoms with van der Waals surface area (Å²) < 4.78 is 10.8. The molecule has 10 nitrogen and oxygen atoms in total. The highest BCUT2D eigenvalue weighted by atomic mass is 16.6. The first-order valence-corrected chi connectivity index (χ1v) is 10.1. The van der Waals surface area contributed by atoms with Crippen molar-refractivity contribution >= 4 is 29.4 Å². The van der Waals surface area contributed by atoms with E-state index in [2.05, 4.69) is 15.8 Å². The summed E-state index contributed by atoms with van der Waals surface area (Å²) in [5.74, 6) is -0.150. The highest BCUT2D eigenvalue weighted by Gasteiger charge is 2.11. The van der Waals surface area contributed by atoms with E-state index in [1.54, 1.807) is 36.4 Å². The number of carbonyl (C=O) groups is 2.